The van der Waals surface area contributed by atoms with Gasteiger partial charge in [-0.3, -0.25) is 19.4 Å². The van der Waals surface area contributed by atoms with Crippen molar-refractivity contribution < 1.29 is 14.4 Å². The van der Waals surface area contributed by atoms with Crippen LogP contribution >= 0.6 is 0 Å². The van der Waals surface area contributed by atoms with Crippen LogP contribution in [0.1, 0.15) is 18.9 Å². The minimum atomic E-state index is -0.727. The van der Waals surface area contributed by atoms with E-state index in [9.17, 15) is 14.4 Å². The van der Waals surface area contributed by atoms with Crippen molar-refractivity contribution in [2.24, 2.45) is 0 Å². The maximum Gasteiger partial charge on any atom is 0.335 e. The summed E-state index contributed by atoms with van der Waals surface area (Å²) < 4.78 is 0. The number of hydrogen-bond donors (Lipinski definition) is 0. The molecule has 0 N–H and O–H groups in total. The van der Waals surface area contributed by atoms with E-state index in [-0.39, 0.29) is 13.2 Å². The summed E-state index contributed by atoms with van der Waals surface area (Å²) in [4.78, 5) is 39.7. The molecule has 0 unspecified atom stereocenters. The van der Waals surface area contributed by atoms with E-state index in [0.29, 0.717) is 6.54 Å². The van der Waals surface area contributed by atoms with Crippen LogP contribution in [-0.2, 0) is 9.59 Å². The minimum absolute atomic E-state index is 0.165. The summed E-state index contributed by atoms with van der Waals surface area (Å²) >= 11 is 0. The lowest BCUT2D eigenvalue weighted by Crippen LogP contribution is -2.43. The van der Waals surface area contributed by atoms with Gasteiger partial charge < -0.3 is 0 Å². The first-order valence-electron chi connectivity index (χ1n) is 7.76. The number of carbonyl (C=O) groups excluding carboxylic acids is 3. The molecule has 0 atom stereocenters. The van der Waals surface area contributed by atoms with Gasteiger partial charge in [-0.1, -0.05) is 36.4 Å². The maximum atomic E-state index is 12.1. The molecule has 23 heavy (non-hydrogen) atoms. The van der Waals surface area contributed by atoms with E-state index in [1.54, 1.807) is 6.92 Å². The van der Waals surface area contributed by atoms with Gasteiger partial charge in [0, 0.05) is 19.6 Å². The molecule has 4 amide bonds. The van der Waals surface area contributed by atoms with Crippen LogP contribution in [0, 0.1) is 0 Å². The molecule has 2 aliphatic rings. The first-order chi connectivity index (χ1) is 11.1. The predicted molar refractivity (Wildman–Crippen MR) is 85.1 cm³/mol. The molecule has 1 fully saturated rings. The largest absolute Gasteiger partial charge is 0.335 e. The SMILES string of the molecule is CCN1C(=O)C(=O)N(CN2CC=C(c3ccccc3)CC2)C1=O. The van der Waals surface area contributed by atoms with Crippen LogP contribution in [0.15, 0.2) is 36.4 Å². The summed E-state index contributed by atoms with van der Waals surface area (Å²) in [5.74, 6) is -1.45. The van der Waals surface area contributed by atoms with Gasteiger partial charge in [-0.25, -0.2) is 9.69 Å². The van der Waals surface area contributed by atoms with Crippen LogP contribution in [0.4, 0.5) is 4.79 Å². The van der Waals surface area contributed by atoms with E-state index in [4.69, 9.17) is 0 Å². The first-order valence-corrected chi connectivity index (χ1v) is 7.76. The number of rotatable bonds is 4. The smallest absolute Gasteiger partial charge is 0.281 e. The Balaban J connectivity index is 1.65. The van der Waals surface area contributed by atoms with Crippen LogP contribution < -0.4 is 0 Å². The molecule has 6 heteroatoms. The molecule has 1 saturated heterocycles. The number of likely N-dealkylation sites (N-methyl/N-ethyl adjacent to an activating group) is 1. The zero-order valence-electron chi connectivity index (χ0n) is 13.1. The summed E-state index contributed by atoms with van der Waals surface area (Å²) in [6.45, 7) is 3.47. The van der Waals surface area contributed by atoms with E-state index in [2.05, 4.69) is 18.2 Å². The fourth-order valence-electron chi connectivity index (χ4n) is 2.91. The lowest BCUT2D eigenvalue weighted by molar-refractivity contribution is -0.143. The number of amides is 4. The predicted octanol–water partition coefficient (Wildman–Crippen LogP) is 1.54. The summed E-state index contributed by atoms with van der Waals surface area (Å²) in [5.41, 5.74) is 2.47. The van der Waals surface area contributed by atoms with Crippen LogP contribution in [0.5, 0.6) is 0 Å². The van der Waals surface area contributed by atoms with Gasteiger partial charge in [0.1, 0.15) is 0 Å². The maximum absolute atomic E-state index is 12.1. The Hall–Kier alpha value is -2.47. The van der Waals surface area contributed by atoms with E-state index >= 15 is 0 Å². The molecule has 1 aromatic carbocycles. The normalized spacial score (nSPS) is 19.5. The molecule has 0 spiro atoms. The summed E-state index contributed by atoms with van der Waals surface area (Å²) in [7, 11) is 0. The molecule has 6 nitrogen and oxygen atoms in total. The van der Waals surface area contributed by atoms with Crippen molar-refractivity contribution in [3.05, 3.63) is 42.0 Å². The average molecular weight is 313 g/mol. The van der Waals surface area contributed by atoms with Crippen LogP contribution in [-0.4, -0.2) is 58.8 Å². The number of carbonyl (C=O) groups is 3. The van der Waals surface area contributed by atoms with Gasteiger partial charge in [-0.2, -0.15) is 0 Å². The molecule has 0 aliphatic carbocycles. The van der Waals surface area contributed by atoms with Crippen LogP contribution in [0.2, 0.25) is 0 Å². The van der Waals surface area contributed by atoms with Gasteiger partial charge in [-0.15, -0.1) is 0 Å². The Morgan fingerprint density at radius 3 is 2.26 bits per heavy atom. The monoisotopic (exact) mass is 313 g/mol. The minimum Gasteiger partial charge on any atom is -0.281 e. The molecule has 2 aliphatic heterocycles. The highest BCUT2D eigenvalue weighted by Gasteiger charge is 2.44. The standard InChI is InChI=1S/C17H19N3O3/c1-2-19-15(21)16(22)20(17(19)23)12-18-10-8-14(9-11-18)13-6-4-3-5-7-13/h3-8H,2,9-12H2,1H3. The van der Waals surface area contributed by atoms with E-state index in [0.717, 1.165) is 22.8 Å². The molecular weight excluding hydrogens is 294 g/mol. The molecule has 1 aromatic rings. The highest BCUT2D eigenvalue weighted by molar-refractivity contribution is 6.44. The van der Waals surface area contributed by atoms with Gasteiger partial charge in [0.25, 0.3) is 0 Å². The fraction of sp³-hybridized carbons (Fsp3) is 0.353. The molecule has 3 rings (SSSR count). The Labute approximate surface area is 135 Å². The summed E-state index contributed by atoms with van der Waals surface area (Å²) in [5, 5.41) is 0. The first kappa shape index (κ1) is 15.4. The summed E-state index contributed by atoms with van der Waals surface area (Å²) in [6, 6.07) is 9.64. The van der Waals surface area contributed by atoms with E-state index in [1.165, 1.54) is 11.1 Å². The number of nitrogens with zero attached hydrogens (tertiary/aromatic N) is 3. The zero-order valence-corrected chi connectivity index (χ0v) is 13.1. The Morgan fingerprint density at radius 1 is 1.00 bits per heavy atom. The van der Waals surface area contributed by atoms with Crippen molar-refractivity contribution in [1.29, 1.82) is 0 Å². The molecule has 0 saturated carbocycles. The zero-order chi connectivity index (χ0) is 16.4. The number of urea groups is 1. The van der Waals surface area contributed by atoms with E-state index < -0.39 is 17.8 Å². The van der Waals surface area contributed by atoms with Crippen molar-refractivity contribution >= 4 is 23.4 Å². The number of benzene rings is 1. The molecular formula is C17H19N3O3. The van der Waals surface area contributed by atoms with Crippen molar-refractivity contribution in [3.8, 4) is 0 Å². The third kappa shape index (κ3) is 2.90. The second kappa shape index (κ2) is 6.34. The lowest BCUT2D eigenvalue weighted by Gasteiger charge is -2.29. The summed E-state index contributed by atoms with van der Waals surface area (Å²) in [6.07, 6.45) is 2.97. The third-order valence-electron chi connectivity index (χ3n) is 4.23. The van der Waals surface area contributed by atoms with E-state index in [1.807, 2.05) is 23.1 Å². The van der Waals surface area contributed by atoms with Gasteiger partial charge in [0.15, 0.2) is 0 Å². The van der Waals surface area contributed by atoms with Crippen molar-refractivity contribution in [3.63, 3.8) is 0 Å². The average Bonchev–Trinajstić information content (AvgIpc) is 2.79. The molecule has 2 heterocycles. The van der Waals surface area contributed by atoms with Crippen LogP contribution in [0.25, 0.3) is 5.57 Å². The molecule has 0 radical (unpaired) electrons. The Bertz CT molecular complexity index is 669. The van der Waals surface area contributed by atoms with Crippen molar-refractivity contribution in [2.45, 2.75) is 13.3 Å². The third-order valence-corrected chi connectivity index (χ3v) is 4.23. The van der Waals surface area contributed by atoms with Gasteiger partial charge in [0.2, 0.25) is 0 Å². The number of hydrogen-bond acceptors (Lipinski definition) is 4. The van der Waals surface area contributed by atoms with Gasteiger partial charge >= 0.3 is 17.8 Å². The number of imide groups is 2. The lowest BCUT2D eigenvalue weighted by atomic mass is 10.00. The fourth-order valence-corrected chi connectivity index (χ4v) is 2.91. The molecule has 120 valence electrons. The van der Waals surface area contributed by atoms with Crippen LogP contribution in [0.3, 0.4) is 0 Å². The Kier molecular flexibility index (Phi) is 4.25. The second-order valence-electron chi connectivity index (χ2n) is 5.63. The van der Waals surface area contributed by atoms with Gasteiger partial charge in [-0.05, 0) is 24.5 Å². The van der Waals surface area contributed by atoms with Crippen molar-refractivity contribution in [1.82, 2.24) is 14.7 Å². The highest BCUT2D eigenvalue weighted by Crippen LogP contribution is 2.22. The topological polar surface area (TPSA) is 60.9 Å². The molecule has 0 aromatic heterocycles. The van der Waals surface area contributed by atoms with Gasteiger partial charge in [0.05, 0.1) is 6.67 Å². The Morgan fingerprint density at radius 2 is 1.70 bits per heavy atom. The second-order valence-corrected chi connectivity index (χ2v) is 5.63. The molecule has 0 bridgehead atoms. The quantitative estimate of drug-likeness (QED) is 0.625. The highest BCUT2D eigenvalue weighted by atomic mass is 16.2. The van der Waals surface area contributed by atoms with Crippen molar-refractivity contribution in [2.75, 3.05) is 26.3 Å².